The van der Waals surface area contributed by atoms with Crippen LogP contribution in [0.15, 0.2) is 0 Å². The highest BCUT2D eigenvalue weighted by Crippen LogP contribution is 2.43. The van der Waals surface area contributed by atoms with E-state index in [-0.39, 0.29) is 5.92 Å². The summed E-state index contributed by atoms with van der Waals surface area (Å²) in [5.41, 5.74) is 0.802. The van der Waals surface area contributed by atoms with Gasteiger partial charge in [0.15, 0.2) is 0 Å². The smallest absolute Gasteiger partial charge is 0.0672 e. The van der Waals surface area contributed by atoms with Crippen LogP contribution in [0.1, 0.15) is 66.7 Å². The van der Waals surface area contributed by atoms with Crippen molar-refractivity contribution < 1.29 is 0 Å². The maximum Gasteiger partial charge on any atom is 0.0672 e. The number of piperidine rings is 1. The van der Waals surface area contributed by atoms with Gasteiger partial charge in [-0.25, -0.2) is 0 Å². The molecule has 2 aliphatic rings. The molecule has 1 saturated carbocycles. The lowest BCUT2D eigenvalue weighted by atomic mass is 9.67. The van der Waals surface area contributed by atoms with Crippen molar-refractivity contribution in [3.8, 4) is 6.07 Å². The van der Waals surface area contributed by atoms with Crippen LogP contribution in [0, 0.1) is 34.0 Å². The van der Waals surface area contributed by atoms with Gasteiger partial charge in [0.25, 0.3) is 0 Å². The zero-order chi connectivity index (χ0) is 15.0. The fraction of sp³-hybridized carbons (Fsp3) is 0.944. The molecular formula is C18H32N2. The number of likely N-dealkylation sites (tertiary alicyclic amines) is 1. The van der Waals surface area contributed by atoms with E-state index < -0.39 is 0 Å². The minimum atomic E-state index is 0.252. The lowest BCUT2D eigenvalue weighted by Gasteiger charge is -2.48. The average Bonchev–Trinajstić information content (AvgIpc) is 2.35. The average molecular weight is 276 g/mol. The normalized spacial score (nSPS) is 35.5. The first kappa shape index (κ1) is 15.8. The van der Waals surface area contributed by atoms with Crippen LogP contribution in [0.25, 0.3) is 0 Å². The molecule has 2 rings (SSSR count). The molecule has 1 heterocycles. The fourth-order valence-corrected chi connectivity index (χ4v) is 4.24. The van der Waals surface area contributed by atoms with Crippen LogP contribution in [-0.2, 0) is 0 Å². The molecule has 0 aromatic heterocycles. The predicted molar refractivity (Wildman–Crippen MR) is 84.3 cm³/mol. The van der Waals surface area contributed by atoms with Gasteiger partial charge in [-0.15, -0.1) is 0 Å². The molecule has 0 aromatic carbocycles. The molecular weight excluding hydrogens is 244 g/mol. The van der Waals surface area contributed by atoms with Crippen LogP contribution in [0.3, 0.4) is 0 Å². The van der Waals surface area contributed by atoms with Crippen molar-refractivity contribution >= 4 is 0 Å². The molecule has 3 atom stereocenters. The van der Waals surface area contributed by atoms with Gasteiger partial charge in [0.1, 0.15) is 0 Å². The van der Waals surface area contributed by atoms with Gasteiger partial charge in [-0.05, 0) is 55.4 Å². The Morgan fingerprint density at radius 2 is 1.90 bits per heavy atom. The second-order valence-corrected chi connectivity index (χ2v) is 8.92. The number of hydrogen-bond acceptors (Lipinski definition) is 2. The van der Waals surface area contributed by atoms with Gasteiger partial charge < -0.3 is 0 Å². The predicted octanol–water partition coefficient (Wildman–Crippen LogP) is 4.46. The molecule has 1 aliphatic heterocycles. The van der Waals surface area contributed by atoms with Crippen molar-refractivity contribution in [2.45, 2.75) is 72.8 Å². The first-order chi connectivity index (χ1) is 9.23. The first-order valence-electron chi connectivity index (χ1n) is 8.37. The van der Waals surface area contributed by atoms with Gasteiger partial charge in [0.05, 0.1) is 12.0 Å². The Bertz CT molecular complexity index is 369. The van der Waals surface area contributed by atoms with Gasteiger partial charge in [-0.1, -0.05) is 34.6 Å². The highest BCUT2D eigenvalue weighted by atomic mass is 15.2. The molecule has 0 aromatic rings. The van der Waals surface area contributed by atoms with Gasteiger partial charge >= 0.3 is 0 Å². The third kappa shape index (κ3) is 3.55. The first-order valence-corrected chi connectivity index (χ1v) is 8.37. The Labute approximate surface area is 125 Å². The van der Waals surface area contributed by atoms with Crippen molar-refractivity contribution in [2.24, 2.45) is 22.7 Å². The van der Waals surface area contributed by atoms with E-state index in [4.69, 9.17) is 0 Å². The van der Waals surface area contributed by atoms with Crippen molar-refractivity contribution in [3.63, 3.8) is 0 Å². The summed E-state index contributed by atoms with van der Waals surface area (Å²) < 4.78 is 0. The zero-order valence-electron chi connectivity index (χ0n) is 14.1. The molecule has 114 valence electrons. The van der Waals surface area contributed by atoms with Crippen molar-refractivity contribution in [2.75, 3.05) is 13.1 Å². The summed E-state index contributed by atoms with van der Waals surface area (Å²) in [7, 11) is 0. The van der Waals surface area contributed by atoms with E-state index in [0.29, 0.717) is 16.9 Å². The van der Waals surface area contributed by atoms with Crippen molar-refractivity contribution in [1.29, 1.82) is 5.26 Å². The second-order valence-electron chi connectivity index (χ2n) is 8.92. The molecule has 0 amide bonds. The Hall–Kier alpha value is -0.550. The van der Waals surface area contributed by atoms with Crippen LogP contribution in [0.4, 0.5) is 0 Å². The maximum atomic E-state index is 9.53. The number of nitriles is 1. The topological polar surface area (TPSA) is 27.0 Å². The van der Waals surface area contributed by atoms with Crippen molar-refractivity contribution in [3.05, 3.63) is 0 Å². The molecule has 2 heteroatoms. The van der Waals surface area contributed by atoms with E-state index in [9.17, 15) is 5.26 Å². The van der Waals surface area contributed by atoms with E-state index in [1.54, 1.807) is 0 Å². The molecule has 0 spiro atoms. The minimum Gasteiger partial charge on any atom is -0.299 e. The van der Waals surface area contributed by atoms with E-state index in [1.165, 1.54) is 38.8 Å². The monoisotopic (exact) mass is 276 g/mol. The molecule has 20 heavy (non-hydrogen) atoms. The Balaban J connectivity index is 2.11. The molecule has 2 nitrogen and oxygen atoms in total. The van der Waals surface area contributed by atoms with Crippen LogP contribution < -0.4 is 0 Å². The Morgan fingerprint density at radius 1 is 1.20 bits per heavy atom. The van der Waals surface area contributed by atoms with E-state index in [2.05, 4.69) is 45.6 Å². The zero-order valence-corrected chi connectivity index (χ0v) is 14.1. The van der Waals surface area contributed by atoms with E-state index in [1.807, 2.05) is 0 Å². The fourth-order valence-electron chi connectivity index (χ4n) is 4.24. The number of hydrogen-bond donors (Lipinski definition) is 0. The minimum absolute atomic E-state index is 0.252. The van der Waals surface area contributed by atoms with E-state index >= 15 is 0 Å². The van der Waals surface area contributed by atoms with Gasteiger partial charge in [-0.3, -0.25) is 4.90 Å². The molecule has 0 radical (unpaired) electrons. The molecule has 0 N–H and O–H groups in total. The SMILES string of the molecule is CC1(C)CCCN(C2CC(C(C)(C)C)CCC2C#N)C1. The van der Waals surface area contributed by atoms with Gasteiger partial charge in [-0.2, -0.15) is 5.26 Å². The summed E-state index contributed by atoms with van der Waals surface area (Å²) in [6.07, 6.45) is 6.17. The summed E-state index contributed by atoms with van der Waals surface area (Å²) in [5.74, 6) is 1.02. The lowest BCUT2D eigenvalue weighted by molar-refractivity contribution is 0.0146. The summed E-state index contributed by atoms with van der Waals surface area (Å²) in [4.78, 5) is 2.65. The molecule has 3 unspecified atom stereocenters. The molecule has 0 bridgehead atoms. The number of rotatable bonds is 1. The Kier molecular flexibility index (Phi) is 4.50. The molecule has 1 saturated heterocycles. The summed E-state index contributed by atoms with van der Waals surface area (Å²) >= 11 is 0. The van der Waals surface area contributed by atoms with Crippen LogP contribution >= 0.6 is 0 Å². The summed E-state index contributed by atoms with van der Waals surface area (Å²) in [6.45, 7) is 14.2. The second kappa shape index (κ2) is 5.68. The molecule has 2 fully saturated rings. The van der Waals surface area contributed by atoms with Crippen molar-refractivity contribution in [1.82, 2.24) is 4.90 Å². The summed E-state index contributed by atoms with van der Waals surface area (Å²) in [6, 6.07) is 3.11. The highest BCUT2D eigenvalue weighted by molar-refractivity contribution is 5.00. The van der Waals surface area contributed by atoms with Gasteiger partial charge in [0.2, 0.25) is 0 Å². The Morgan fingerprint density at radius 3 is 2.45 bits per heavy atom. The van der Waals surface area contributed by atoms with Crippen LogP contribution in [0.5, 0.6) is 0 Å². The maximum absolute atomic E-state index is 9.53. The highest BCUT2D eigenvalue weighted by Gasteiger charge is 2.40. The van der Waals surface area contributed by atoms with Crippen LogP contribution in [0.2, 0.25) is 0 Å². The number of nitrogens with zero attached hydrogens (tertiary/aromatic N) is 2. The standard InChI is InChI=1S/C18H32N2/c1-17(2,3)15-8-7-14(12-19)16(11-15)20-10-6-9-18(4,5)13-20/h14-16H,6-11,13H2,1-5H3. The lowest BCUT2D eigenvalue weighted by Crippen LogP contribution is -2.51. The molecule has 1 aliphatic carbocycles. The third-order valence-corrected chi connectivity index (χ3v) is 5.61. The third-order valence-electron chi connectivity index (χ3n) is 5.61. The van der Waals surface area contributed by atoms with E-state index in [0.717, 1.165) is 12.3 Å². The van der Waals surface area contributed by atoms with Gasteiger partial charge in [0, 0.05) is 12.6 Å². The summed E-state index contributed by atoms with van der Waals surface area (Å²) in [5, 5.41) is 9.53. The quantitative estimate of drug-likeness (QED) is 0.707. The largest absolute Gasteiger partial charge is 0.299 e. The van der Waals surface area contributed by atoms with Crippen LogP contribution in [-0.4, -0.2) is 24.0 Å².